The van der Waals surface area contributed by atoms with E-state index in [1.54, 1.807) is 16.7 Å². The number of nitrogens with zero attached hydrogens (tertiary/aromatic N) is 1. The topological polar surface area (TPSA) is 54.5 Å². The number of hydrogen-bond donors (Lipinski definition) is 0. The minimum Gasteiger partial charge on any atom is -0.339 e. The summed E-state index contributed by atoms with van der Waals surface area (Å²) < 4.78 is 23.3. The lowest BCUT2D eigenvalue weighted by Gasteiger charge is -2.28. The van der Waals surface area contributed by atoms with Gasteiger partial charge in [0.05, 0.1) is 11.5 Å². The van der Waals surface area contributed by atoms with Gasteiger partial charge in [0, 0.05) is 28.9 Å². The van der Waals surface area contributed by atoms with E-state index in [0.29, 0.717) is 19.4 Å². The maximum Gasteiger partial charge on any atom is 0.222 e. The molecular formula is C17H24ClNO3S2. The van der Waals surface area contributed by atoms with E-state index in [9.17, 15) is 13.2 Å². The van der Waals surface area contributed by atoms with Gasteiger partial charge < -0.3 is 4.90 Å². The van der Waals surface area contributed by atoms with Crippen LogP contribution in [0.1, 0.15) is 32.6 Å². The van der Waals surface area contributed by atoms with Gasteiger partial charge in [0.25, 0.3) is 0 Å². The van der Waals surface area contributed by atoms with Crippen LogP contribution >= 0.6 is 23.4 Å². The summed E-state index contributed by atoms with van der Waals surface area (Å²) in [4.78, 5) is 15.4. The maximum absolute atomic E-state index is 12.5. The molecule has 0 aliphatic carbocycles. The van der Waals surface area contributed by atoms with Crippen molar-refractivity contribution in [1.82, 2.24) is 4.90 Å². The standard InChI is InChI=1S/C17H24ClNO3S2/c1-2-10-19(15-9-12-24(21,22)13-15)17(20)4-3-11-23-16-7-5-14(18)6-8-16/h5-8,15H,2-4,9-13H2,1H3. The lowest BCUT2D eigenvalue weighted by atomic mass is 10.2. The number of sulfone groups is 1. The van der Waals surface area contributed by atoms with Crippen molar-refractivity contribution in [1.29, 1.82) is 0 Å². The van der Waals surface area contributed by atoms with Crippen LogP contribution in [0.25, 0.3) is 0 Å². The van der Waals surface area contributed by atoms with E-state index >= 15 is 0 Å². The molecule has 0 bridgehead atoms. The zero-order valence-corrected chi connectivity index (χ0v) is 16.3. The number of carbonyl (C=O) groups excluding carboxylic acids is 1. The van der Waals surface area contributed by atoms with Crippen molar-refractivity contribution in [2.24, 2.45) is 0 Å². The average Bonchev–Trinajstić information content (AvgIpc) is 2.90. The molecule has 1 atom stereocenters. The van der Waals surface area contributed by atoms with E-state index in [2.05, 4.69) is 0 Å². The monoisotopic (exact) mass is 389 g/mol. The first-order chi connectivity index (χ1) is 11.4. The van der Waals surface area contributed by atoms with Gasteiger partial charge in [0.1, 0.15) is 0 Å². The highest BCUT2D eigenvalue weighted by molar-refractivity contribution is 7.99. The highest BCUT2D eigenvalue weighted by Crippen LogP contribution is 2.23. The minimum absolute atomic E-state index is 0.0793. The van der Waals surface area contributed by atoms with Gasteiger partial charge >= 0.3 is 0 Å². The number of hydrogen-bond acceptors (Lipinski definition) is 4. The molecule has 1 amide bonds. The zero-order chi connectivity index (χ0) is 17.6. The van der Waals surface area contributed by atoms with Gasteiger partial charge in [0.15, 0.2) is 9.84 Å². The molecule has 1 aliphatic rings. The normalized spacial score (nSPS) is 19.3. The van der Waals surface area contributed by atoms with Crippen LogP contribution in [0.15, 0.2) is 29.2 Å². The SMILES string of the molecule is CCCN(C(=O)CCCSc1ccc(Cl)cc1)C1CCS(=O)(=O)C1. The summed E-state index contributed by atoms with van der Waals surface area (Å²) in [5.41, 5.74) is 0. The predicted octanol–water partition coefficient (Wildman–Crippen LogP) is 3.64. The van der Waals surface area contributed by atoms with E-state index in [1.165, 1.54) is 0 Å². The van der Waals surface area contributed by atoms with Gasteiger partial charge in [-0.05, 0) is 49.3 Å². The van der Waals surface area contributed by atoms with Crippen LogP contribution in [0.2, 0.25) is 5.02 Å². The van der Waals surface area contributed by atoms with Crippen molar-refractivity contribution >= 4 is 39.1 Å². The van der Waals surface area contributed by atoms with Gasteiger partial charge in [-0.3, -0.25) is 4.79 Å². The summed E-state index contributed by atoms with van der Waals surface area (Å²) in [6, 6.07) is 7.53. The summed E-state index contributed by atoms with van der Waals surface area (Å²) in [7, 11) is -2.97. The molecule has 1 aromatic rings. The largest absolute Gasteiger partial charge is 0.339 e. The number of halogens is 1. The predicted molar refractivity (Wildman–Crippen MR) is 100 cm³/mol. The molecular weight excluding hydrogens is 366 g/mol. The number of carbonyl (C=O) groups is 1. The fourth-order valence-electron chi connectivity index (χ4n) is 2.86. The molecule has 0 radical (unpaired) electrons. The summed E-state index contributed by atoms with van der Waals surface area (Å²) in [6.07, 6.45) is 2.68. The van der Waals surface area contributed by atoms with Crippen LogP contribution in [0, 0.1) is 0 Å². The highest BCUT2D eigenvalue weighted by Gasteiger charge is 2.33. The molecule has 1 aromatic carbocycles. The Balaban J connectivity index is 1.79. The van der Waals surface area contributed by atoms with E-state index in [4.69, 9.17) is 11.6 Å². The van der Waals surface area contributed by atoms with Gasteiger partial charge in [-0.2, -0.15) is 0 Å². The molecule has 0 aromatic heterocycles. The summed E-state index contributed by atoms with van der Waals surface area (Å²) >= 11 is 7.56. The first kappa shape index (κ1) is 19.6. The zero-order valence-electron chi connectivity index (χ0n) is 13.9. The maximum atomic E-state index is 12.5. The smallest absolute Gasteiger partial charge is 0.222 e. The van der Waals surface area contributed by atoms with Crippen molar-refractivity contribution in [2.75, 3.05) is 23.8 Å². The van der Waals surface area contributed by atoms with Crippen LogP contribution in [-0.4, -0.2) is 49.1 Å². The summed E-state index contributed by atoms with van der Waals surface area (Å²) in [5.74, 6) is 1.27. The number of benzene rings is 1. The second kappa shape index (κ2) is 9.11. The van der Waals surface area contributed by atoms with E-state index in [1.807, 2.05) is 31.2 Å². The number of amides is 1. The van der Waals surface area contributed by atoms with Gasteiger partial charge in [-0.25, -0.2) is 8.42 Å². The molecule has 134 valence electrons. The van der Waals surface area contributed by atoms with Crippen LogP contribution in [0.4, 0.5) is 0 Å². The van der Waals surface area contributed by atoms with Crippen molar-refractivity contribution in [3.8, 4) is 0 Å². The van der Waals surface area contributed by atoms with Crippen molar-refractivity contribution in [3.05, 3.63) is 29.3 Å². The molecule has 2 rings (SSSR count). The van der Waals surface area contributed by atoms with Crippen molar-refractivity contribution in [2.45, 2.75) is 43.5 Å². The third-order valence-corrected chi connectivity index (χ3v) is 7.15. The lowest BCUT2D eigenvalue weighted by Crippen LogP contribution is -2.41. The average molecular weight is 390 g/mol. The van der Waals surface area contributed by atoms with E-state index in [-0.39, 0.29) is 23.5 Å². The molecule has 0 spiro atoms. The molecule has 1 saturated heterocycles. The Morgan fingerprint density at radius 2 is 2.04 bits per heavy atom. The third kappa shape index (κ3) is 5.97. The fraction of sp³-hybridized carbons (Fsp3) is 0.588. The lowest BCUT2D eigenvalue weighted by molar-refractivity contribution is -0.133. The molecule has 24 heavy (non-hydrogen) atoms. The van der Waals surface area contributed by atoms with Crippen LogP contribution in [-0.2, 0) is 14.6 Å². The number of rotatable bonds is 8. The highest BCUT2D eigenvalue weighted by atomic mass is 35.5. The Labute approximate surface area is 153 Å². The van der Waals surface area contributed by atoms with Crippen LogP contribution in [0.5, 0.6) is 0 Å². The van der Waals surface area contributed by atoms with Gasteiger partial charge in [-0.1, -0.05) is 18.5 Å². The molecule has 1 aliphatic heterocycles. The minimum atomic E-state index is -2.97. The summed E-state index contributed by atoms with van der Waals surface area (Å²) in [6.45, 7) is 2.66. The van der Waals surface area contributed by atoms with Crippen molar-refractivity contribution in [3.63, 3.8) is 0 Å². The second-order valence-electron chi connectivity index (χ2n) is 6.05. The van der Waals surface area contributed by atoms with E-state index < -0.39 is 9.84 Å². The first-order valence-corrected chi connectivity index (χ1v) is 11.5. The van der Waals surface area contributed by atoms with Crippen molar-refractivity contribution < 1.29 is 13.2 Å². The quantitative estimate of drug-likeness (QED) is 0.503. The Bertz CT molecular complexity index is 646. The number of thioether (sulfide) groups is 1. The van der Waals surface area contributed by atoms with Crippen LogP contribution in [0.3, 0.4) is 0 Å². The molecule has 4 nitrogen and oxygen atoms in total. The molecule has 1 unspecified atom stereocenters. The fourth-order valence-corrected chi connectivity index (χ4v) is 5.57. The van der Waals surface area contributed by atoms with Gasteiger partial charge in [-0.15, -0.1) is 11.8 Å². The Hall–Kier alpha value is -0.720. The molecule has 0 saturated carbocycles. The Kier molecular flexibility index (Phi) is 7.44. The molecule has 1 fully saturated rings. The Morgan fingerprint density at radius 3 is 2.62 bits per heavy atom. The van der Waals surface area contributed by atoms with Crippen LogP contribution < -0.4 is 0 Å². The first-order valence-electron chi connectivity index (χ1n) is 8.29. The van der Waals surface area contributed by atoms with E-state index in [0.717, 1.165) is 28.5 Å². The third-order valence-electron chi connectivity index (χ3n) is 4.05. The molecule has 7 heteroatoms. The molecule has 0 N–H and O–H groups in total. The second-order valence-corrected chi connectivity index (χ2v) is 9.88. The Morgan fingerprint density at radius 1 is 1.33 bits per heavy atom. The summed E-state index contributed by atoms with van der Waals surface area (Å²) in [5, 5.41) is 0.719. The van der Waals surface area contributed by atoms with Gasteiger partial charge in [0.2, 0.25) is 5.91 Å². The molecule has 1 heterocycles.